The van der Waals surface area contributed by atoms with Gasteiger partial charge in [0.25, 0.3) is 5.91 Å². The first-order valence-corrected chi connectivity index (χ1v) is 7.39. The number of ether oxygens (including phenoxy) is 1. The Kier molecular flexibility index (Phi) is 5.41. The van der Waals surface area contributed by atoms with Gasteiger partial charge in [-0.05, 0) is 36.5 Å². The van der Waals surface area contributed by atoms with Gasteiger partial charge in [0.2, 0.25) is 0 Å². The average molecular weight is 276 g/mol. The Morgan fingerprint density at radius 2 is 2.30 bits per heavy atom. The van der Waals surface area contributed by atoms with Crippen molar-refractivity contribution in [2.24, 2.45) is 5.92 Å². The van der Waals surface area contributed by atoms with Crippen LogP contribution in [0, 0.1) is 5.92 Å². The molecule has 1 aromatic rings. The number of hydrogen-bond acceptors (Lipinski definition) is 3. The molecule has 1 aliphatic rings. The lowest BCUT2D eigenvalue weighted by atomic mass is 10.1. The summed E-state index contributed by atoms with van der Waals surface area (Å²) < 4.78 is 5.48. The number of carbonyl (C=O) groups excluding carboxylic acids is 1. The number of amides is 1. The number of nitrogens with one attached hydrogen (secondary N) is 2. The van der Waals surface area contributed by atoms with E-state index in [1.165, 1.54) is 5.56 Å². The molecule has 0 aromatic heterocycles. The van der Waals surface area contributed by atoms with E-state index in [9.17, 15) is 4.79 Å². The highest BCUT2D eigenvalue weighted by Crippen LogP contribution is 2.23. The summed E-state index contributed by atoms with van der Waals surface area (Å²) in [5.41, 5.74) is 3.11. The van der Waals surface area contributed by atoms with Crippen LogP contribution in [0.5, 0.6) is 0 Å². The molecule has 1 amide bonds. The summed E-state index contributed by atoms with van der Waals surface area (Å²) in [5, 5.41) is 6.22. The van der Waals surface area contributed by atoms with Crippen LogP contribution in [0.15, 0.2) is 18.2 Å². The maximum absolute atomic E-state index is 12.0. The van der Waals surface area contributed by atoms with Crippen LogP contribution in [-0.4, -0.2) is 32.2 Å². The summed E-state index contributed by atoms with van der Waals surface area (Å²) in [5.74, 6) is 0.550. The number of carbonyl (C=O) groups is 1. The fourth-order valence-electron chi connectivity index (χ4n) is 2.23. The van der Waals surface area contributed by atoms with Crippen molar-refractivity contribution in [2.45, 2.75) is 26.7 Å². The van der Waals surface area contributed by atoms with Crippen LogP contribution < -0.4 is 10.6 Å². The molecule has 0 atom stereocenters. The number of benzene rings is 1. The summed E-state index contributed by atoms with van der Waals surface area (Å²) in [7, 11) is 0. The van der Waals surface area contributed by atoms with E-state index in [0.29, 0.717) is 19.1 Å². The molecule has 0 radical (unpaired) electrons. The standard InChI is InChI=1S/C16H24N2O2/c1-12(2)11-20-9-3-7-18-16(19)14-5-4-13-6-8-17-15(13)10-14/h4-5,10,12,17H,3,6-9,11H2,1-2H3,(H,18,19). The first-order chi connectivity index (χ1) is 9.66. The summed E-state index contributed by atoms with van der Waals surface area (Å²) in [6.45, 7) is 7.36. The van der Waals surface area contributed by atoms with Gasteiger partial charge < -0.3 is 15.4 Å². The molecule has 0 aliphatic carbocycles. The zero-order valence-electron chi connectivity index (χ0n) is 12.4. The Morgan fingerprint density at radius 1 is 1.45 bits per heavy atom. The molecule has 0 spiro atoms. The molecule has 2 N–H and O–H groups in total. The van der Waals surface area contributed by atoms with Crippen LogP contribution in [0.4, 0.5) is 5.69 Å². The summed E-state index contributed by atoms with van der Waals surface area (Å²) in [6, 6.07) is 5.87. The van der Waals surface area contributed by atoms with Gasteiger partial charge in [-0.1, -0.05) is 19.9 Å². The van der Waals surface area contributed by atoms with Crippen molar-refractivity contribution < 1.29 is 9.53 Å². The Hall–Kier alpha value is -1.55. The molecular formula is C16H24N2O2. The van der Waals surface area contributed by atoms with Crippen LogP contribution in [0.25, 0.3) is 0 Å². The van der Waals surface area contributed by atoms with Crippen LogP contribution in [0.2, 0.25) is 0 Å². The fraction of sp³-hybridized carbons (Fsp3) is 0.562. The molecule has 20 heavy (non-hydrogen) atoms. The minimum absolute atomic E-state index is 0.00893. The van der Waals surface area contributed by atoms with Gasteiger partial charge in [-0.2, -0.15) is 0 Å². The Morgan fingerprint density at radius 3 is 3.10 bits per heavy atom. The molecule has 2 rings (SSSR count). The molecule has 0 fully saturated rings. The average Bonchev–Trinajstić information content (AvgIpc) is 2.89. The normalized spacial score (nSPS) is 13.2. The number of hydrogen-bond donors (Lipinski definition) is 2. The zero-order valence-corrected chi connectivity index (χ0v) is 12.4. The molecule has 0 bridgehead atoms. The first kappa shape index (κ1) is 14.9. The third kappa shape index (κ3) is 4.23. The predicted octanol–water partition coefficient (Wildman–Crippen LogP) is 2.45. The van der Waals surface area contributed by atoms with Gasteiger partial charge in [-0.25, -0.2) is 0 Å². The van der Waals surface area contributed by atoms with Gasteiger partial charge >= 0.3 is 0 Å². The largest absolute Gasteiger partial charge is 0.384 e. The van der Waals surface area contributed by atoms with Crippen molar-refractivity contribution in [3.63, 3.8) is 0 Å². The highest BCUT2D eigenvalue weighted by atomic mass is 16.5. The lowest BCUT2D eigenvalue weighted by Gasteiger charge is -2.08. The third-order valence-corrected chi connectivity index (χ3v) is 3.28. The molecule has 0 saturated carbocycles. The molecule has 0 unspecified atom stereocenters. The summed E-state index contributed by atoms with van der Waals surface area (Å²) in [6.07, 6.45) is 1.89. The molecule has 4 heteroatoms. The lowest BCUT2D eigenvalue weighted by Crippen LogP contribution is -2.25. The smallest absolute Gasteiger partial charge is 0.251 e. The van der Waals surface area contributed by atoms with E-state index in [2.05, 4.69) is 24.5 Å². The van der Waals surface area contributed by atoms with Crippen molar-refractivity contribution in [3.05, 3.63) is 29.3 Å². The van der Waals surface area contributed by atoms with Crippen molar-refractivity contribution >= 4 is 11.6 Å². The van der Waals surface area contributed by atoms with Crippen molar-refractivity contribution in [1.82, 2.24) is 5.32 Å². The quantitative estimate of drug-likeness (QED) is 0.752. The van der Waals surface area contributed by atoms with E-state index in [-0.39, 0.29) is 5.91 Å². The lowest BCUT2D eigenvalue weighted by molar-refractivity contribution is 0.0925. The van der Waals surface area contributed by atoms with Crippen molar-refractivity contribution in [1.29, 1.82) is 0 Å². The minimum atomic E-state index is -0.00893. The molecule has 110 valence electrons. The number of rotatable bonds is 7. The highest BCUT2D eigenvalue weighted by Gasteiger charge is 2.12. The Balaban J connectivity index is 1.70. The molecule has 0 saturated heterocycles. The molecule has 4 nitrogen and oxygen atoms in total. The molecule has 1 aromatic carbocycles. The van der Waals surface area contributed by atoms with Gasteiger partial charge in [0, 0.05) is 37.6 Å². The minimum Gasteiger partial charge on any atom is -0.384 e. The van der Waals surface area contributed by atoms with Gasteiger partial charge in [-0.3, -0.25) is 4.79 Å². The second kappa shape index (κ2) is 7.29. The summed E-state index contributed by atoms with van der Waals surface area (Å²) in [4.78, 5) is 12.0. The van der Waals surface area contributed by atoms with E-state index in [0.717, 1.165) is 37.2 Å². The maximum atomic E-state index is 12.0. The maximum Gasteiger partial charge on any atom is 0.251 e. The van der Waals surface area contributed by atoms with E-state index < -0.39 is 0 Å². The summed E-state index contributed by atoms with van der Waals surface area (Å²) >= 11 is 0. The Bertz CT molecular complexity index is 458. The van der Waals surface area contributed by atoms with Gasteiger partial charge in [0.15, 0.2) is 0 Å². The van der Waals surface area contributed by atoms with Crippen LogP contribution in [-0.2, 0) is 11.2 Å². The van der Waals surface area contributed by atoms with E-state index in [1.54, 1.807) is 0 Å². The van der Waals surface area contributed by atoms with E-state index in [4.69, 9.17) is 4.74 Å². The van der Waals surface area contributed by atoms with E-state index >= 15 is 0 Å². The zero-order chi connectivity index (χ0) is 14.4. The van der Waals surface area contributed by atoms with Crippen LogP contribution in [0.3, 0.4) is 0 Å². The fourth-order valence-corrected chi connectivity index (χ4v) is 2.23. The van der Waals surface area contributed by atoms with Crippen molar-refractivity contribution in [3.8, 4) is 0 Å². The van der Waals surface area contributed by atoms with E-state index in [1.807, 2.05) is 18.2 Å². The number of anilines is 1. The molecule has 1 heterocycles. The van der Waals surface area contributed by atoms with Gasteiger partial charge in [-0.15, -0.1) is 0 Å². The second-order valence-electron chi connectivity index (χ2n) is 5.63. The topological polar surface area (TPSA) is 50.4 Å². The van der Waals surface area contributed by atoms with Crippen molar-refractivity contribution in [2.75, 3.05) is 31.6 Å². The third-order valence-electron chi connectivity index (χ3n) is 3.28. The SMILES string of the molecule is CC(C)COCCCNC(=O)c1ccc2c(c1)NCC2. The highest BCUT2D eigenvalue weighted by molar-refractivity contribution is 5.95. The Labute approximate surface area is 120 Å². The van der Waals surface area contributed by atoms with Gasteiger partial charge in [0.05, 0.1) is 0 Å². The first-order valence-electron chi connectivity index (χ1n) is 7.39. The second-order valence-corrected chi connectivity index (χ2v) is 5.63. The monoisotopic (exact) mass is 276 g/mol. The van der Waals surface area contributed by atoms with Gasteiger partial charge in [0.1, 0.15) is 0 Å². The number of fused-ring (bicyclic) bond motifs is 1. The predicted molar refractivity (Wildman–Crippen MR) is 81.2 cm³/mol. The van der Waals surface area contributed by atoms with Crippen LogP contribution >= 0.6 is 0 Å². The van der Waals surface area contributed by atoms with Crippen LogP contribution in [0.1, 0.15) is 36.2 Å². The molecular weight excluding hydrogens is 252 g/mol. The molecule has 1 aliphatic heterocycles.